The van der Waals surface area contributed by atoms with Gasteiger partial charge in [0, 0.05) is 26.2 Å². The average Bonchev–Trinajstić information content (AvgIpc) is 2.55. The molecule has 1 amide bonds. The first-order valence-electron chi connectivity index (χ1n) is 7.58. The first-order valence-corrected chi connectivity index (χ1v) is 7.58. The van der Waals surface area contributed by atoms with Crippen molar-refractivity contribution in [2.45, 2.75) is 25.6 Å². The molecule has 1 aromatic carbocycles. The fourth-order valence-corrected chi connectivity index (χ4v) is 2.15. The van der Waals surface area contributed by atoms with E-state index in [1.165, 1.54) is 5.56 Å². The van der Waals surface area contributed by atoms with Crippen LogP contribution in [0.4, 0.5) is 0 Å². The van der Waals surface area contributed by atoms with Crippen molar-refractivity contribution >= 4 is 18.3 Å². The van der Waals surface area contributed by atoms with Crippen molar-refractivity contribution in [2.75, 3.05) is 32.8 Å². The lowest BCUT2D eigenvalue weighted by molar-refractivity contribution is -0.134. The molecule has 1 unspecified atom stereocenters. The zero-order valence-corrected chi connectivity index (χ0v) is 13.6. The van der Waals surface area contributed by atoms with Crippen molar-refractivity contribution in [3.63, 3.8) is 0 Å². The lowest BCUT2D eigenvalue weighted by Crippen LogP contribution is -2.48. The van der Waals surface area contributed by atoms with Crippen molar-refractivity contribution in [3.8, 4) is 0 Å². The van der Waals surface area contributed by atoms with Crippen molar-refractivity contribution in [1.82, 2.24) is 10.6 Å². The van der Waals surface area contributed by atoms with E-state index in [1.807, 2.05) is 18.2 Å². The minimum atomic E-state index is -0.340. The summed E-state index contributed by atoms with van der Waals surface area (Å²) in [6, 6.07) is 10.1. The van der Waals surface area contributed by atoms with Crippen LogP contribution in [0.2, 0.25) is 0 Å². The second-order valence-electron chi connectivity index (χ2n) is 5.10. The fourth-order valence-electron chi connectivity index (χ4n) is 2.15. The molecule has 0 spiro atoms. The van der Waals surface area contributed by atoms with Crippen LogP contribution in [0.1, 0.15) is 18.4 Å². The number of carbonyl (C=O) groups excluding carboxylic acids is 1. The van der Waals surface area contributed by atoms with Crippen LogP contribution in [-0.2, 0) is 20.9 Å². The number of hydrogen-bond donors (Lipinski definition) is 2. The number of carbonyl (C=O) groups is 1. The Morgan fingerprint density at radius 1 is 1.32 bits per heavy atom. The van der Waals surface area contributed by atoms with Gasteiger partial charge in [0.1, 0.15) is 6.10 Å². The normalized spacial score (nSPS) is 17.5. The summed E-state index contributed by atoms with van der Waals surface area (Å²) in [5, 5.41) is 6.05. The Morgan fingerprint density at radius 3 is 2.86 bits per heavy atom. The van der Waals surface area contributed by atoms with Gasteiger partial charge >= 0.3 is 0 Å². The largest absolute Gasteiger partial charge is 0.377 e. The molecule has 1 aliphatic heterocycles. The summed E-state index contributed by atoms with van der Waals surface area (Å²) in [5.41, 5.74) is 1.19. The molecule has 1 aliphatic rings. The SMILES string of the molecule is Cl.O=C(NCCCCOCc1ccccc1)C1CNCCO1. The summed E-state index contributed by atoms with van der Waals surface area (Å²) in [4.78, 5) is 11.8. The van der Waals surface area contributed by atoms with Gasteiger partial charge in [-0.2, -0.15) is 0 Å². The Balaban J connectivity index is 0.00000242. The van der Waals surface area contributed by atoms with Gasteiger partial charge in [-0.25, -0.2) is 0 Å². The molecule has 1 aromatic rings. The topological polar surface area (TPSA) is 59.6 Å². The molecule has 1 atom stereocenters. The first-order chi connectivity index (χ1) is 10.4. The van der Waals surface area contributed by atoms with Gasteiger partial charge in [-0.05, 0) is 18.4 Å². The molecule has 0 aromatic heterocycles. The number of hydrogen-bond acceptors (Lipinski definition) is 4. The zero-order chi connectivity index (χ0) is 14.8. The highest BCUT2D eigenvalue weighted by atomic mass is 35.5. The molecule has 1 fully saturated rings. The molecule has 124 valence electrons. The molecule has 0 saturated carbocycles. The summed E-state index contributed by atoms with van der Waals surface area (Å²) in [7, 11) is 0. The van der Waals surface area contributed by atoms with E-state index in [0.29, 0.717) is 32.9 Å². The van der Waals surface area contributed by atoms with Gasteiger partial charge in [0.2, 0.25) is 5.91 Å². The zero-order valence-electron chi connectivity index (χ0n) is 12.8. The monoisotopic (exact) mass is 328 g/mol. The minimum Gasteiger partial charge on any atom is -0.377 e. The highest BCUT2D eigenvalue weighted by Crippen LogP contribution is 2.01. The van der Waals surface area contributed by atoms with Crippen LogP contribution < -0.4 is 10.6 Å². The Bertz CT molecular complexity index is 411. The van der Waals surface area contributed by atoms with Crippen LogP contribution in [0.3, 0.4) is 0 Å². The standard InChI is InChI=1S/C16H24N2O3.ClH/c19-16(15-12-17-9-11-21-15)18-8-4-5-10-20-13-14-6-2-1-3-7-14;/h1-3,6-7,15,17H,4-5,8-13H2,(H,18,19);1H. The first kappa shape index (κ1) is 18.9. The van der Waals surface area contributed by atoms with Gasteiger partial charge in [0.05, 0.1) is 13.2 Å². The summed E-state index contributed by atoms with van der Waals surface area (Å²) in [6.07, 6.45) is 1.52. The number of benzene rings is 1. The summed E-state index contributed by atoms with van der Waals surface area (Å²) >= 11 is 0. The third-order valence-corrected chi connectivity index (χ3v) is 3.35. The maximum atomic E-state index is 11.8. The molecule has 22 heavy (non-hydrogen) atoms. The van der Waals surface area contributed by atoms with Gasteiger partial charge < -0.3 is 20.1 Å². The van der Waals surface area contributed by atoms with Crippen LogP contribution in [0.5, 0.6) is 0 Å². The summed E-state index contributed by atoms with van der Waals surface area (Å²) < 4.78 is 11.0. The van der Waals surface area contributed by atoms with Crippen LogP contribution in [-0.4, -0.2) is 44.9 Å². The third kappa shape index (κ3) is 7.22. The minimum absolute atomic E-state index is 0. The highest BCUT2D eigenvalue weighted by Gasteiger charge is 2.20. The number of nitrogens with one attached hydrogen (secondary N) is 2. The second kappa shape index (κ2) is 11.4. The number of rotatable bonds is 8. The van der Waals surface area contributed by atoms with Crippen LogP contribution in [0.25, 0.3) is 0 Å². The number of amides is 1. The van der Waals surface area contributed by atoms with E-state index in [-0.39, 0.29) is 24.4 Å². The maximum Gasteiger partial charge on any atom is 0.250 e. The van der Waals surface area contributed by atoms with Gasteiger partial charge in [-0.3, -0.25) is 4.79 Å². The quantitative estimate of drug-likeness (QED) is 0.710. The number of halogens is 1. The van der Waals surface area contributed by atoms with E-state index in [4.69, 9.17) is 9.47 Å². The maximum absolute atomic E-state index is 11.8. The predicted molar refractivity (Wildman–Crippen MR) is 88.2 cm³/mol. The van der Waals surface area contributed by atoms with E-state index in [2.05, 4.69) is 22.8 Å². The van der Waals surface area contributed by atoms with Gasteiger partial charge in [0.15, 0.2) is 0 Å². The Hall–Kier alpha value is -1.14. The average molecular weight is 329 g/mol. The van der Waals surface area contributed by atoms with Gasteiger partial charge in [-0.1, -0.05) is 30.3 Å². The van der Waals surface area contributed by atoms with E-state index < -0.39 is 0 Å². The summed E-state index contributed by atoms with van der Waals surface area (Å²) in [6.45, 7) is 4.06. The Kier molecular flexibility index (Phi) is 9.82. The lowest BCUT2D eigenvalue weighted by Gasteiger charge is -2.22. The van der Waals surface area contributed by atoms with E-state index in [9.17, 15) is 4.79 Å². The molecule has 6 heteroatoms. The number of morpholine rings is 1. The molecule has 2 N–H and O–H groups in total. The molecule has 1 saturated heterocycles. The van der Waals surface area contributed by atoms with Gasteiger partial charge in [-0.15, -0.1) is 12.4 Å². The molecule has 2 rings (SSSR count). The fraction of sp³-hybridized carbons (Fsp3) is 0.562. The molecule has 5 nitrogen and oxygen atoms in total. The molecule has 0 bridgehead atoms. The third-order valence-electron chi connectivity index (χ3n) is 3.35. The van der Waals surface area contributed by atoms with Crippen molar-refractivity contribution in [2.24, 2.45) is 0 Å². The van der Waals surface area contributed by atoms with E-state index in [0.717, 1.165) is 19.4 Å². The molecular weight excluding hydrogens is 304 g/mol. The van der Waals surface area contributed by atoms with Crippen LogP contribution >= 0.6 is 12.4 Å². The summed E-state index contributed by atoms with van der Waals surface area (Å²) in [5.74, 6) is -0.0209. The predicted octanol–water partition coefficient (Wildman–Crippen LogP) is 1.51. The van der Waals surface area contributed by atoms with E-state index in [1.54, 1.807) is 0 Å². The Morgan fingerprint density at radius 2 is 2.14 bits per heavy atom. The lowest BCUT2D eigenvalue weighted by atomic mass is 10.2. The second-order valence-corrected chi connectivity index (χ2v) is 5.10. The molecular formula is C16H25ClN2O3. The molecule has 0 aliphatic carbocycles. The van der Waals surface area contributed by atoms with Crippen molar-refractivity contribution in [3.05, 3.63) is 35.9 Å². The van der Waals surface area contributed by atoms with Gasteiger partial charge in [0.25, 0.3) is 0 Å². The van der Waals surface area contributed by atoms with Crippen LogP contribution in [0.15, 0.2) is 30.3 Å². The van der Waals surface area contributed by atoms with Crippen molar-refractivity contribution in [1.29, 1.82) is 0 Å². The molecule has 0 radical (unpaired) electrons. The van der Waals surface area contributed by atoms with E-state index >= 15 is 0 Å². The van der Waals surface area contributed by atoms with Crippen molar-refractivity contribution < 1.29 is 14.3 Å². The number of ether oxygens (including phenoxy) is 2. The smallest absolute Gasteiger partial charge is 0.250 e. The Labute approximate surface area is 138 Å². The van der Waals surface area contributed by atoms with Crippen LogP contribution in [0, 0.1) is 0 Å². The molecule has 1 heterocycles. The number of unbranched alkanes of at least 4 members (excludes halogenated alkanes) is 1. The highest BCUT2D eigenvalue weighted by molar-refractivity contribution is 5.85.